The van der Waals surface area contributed by atoms with E-state index in [9.17, 15) is 22.4 Å². The lowest BCUT2D eigenvalue weighted by atomic mass is 9.86. The van der Waals surface area contributed by atoms with Gasteiger partial charge in [-0.2, -0.15) is 0 Å². The third-order valence-electron chi connectivity index (χ3n) is 6.23. The second kappa shape index (κ2) is 11.0. The first-order chi connectivity index (χ1) is 14.8. The lowest BCUT2D eigenvalue weighted by Gasteiger charge is -2.35. The maximum Gasteiger partial charge on any atom is 0.240 e. The van der Waals surface area contributed by atoms with Gasteiger partial charge in [0.05, 0.1) is 4.90 Å². The number of carbonyl (C=O) groups is 2. The third kappa shape index (κ3) is 7.00. The molecule has 0 atom stereocenters. The molecule has 1 aliphatic heterocycles. The molecule has 31 heavy (non-hydrogen) atoms. The van der Waals surface area contributed by atoms with E-state index in [1.807, 2.05) is 4.90 Å². The van der Waals surface area contributed by atoms with Crippen LogP contribution in [0.3, 0.4) is 0 Å². The minimum absolute atomic E-state index is 0.0287. The van der Waals surface area contributed by atoms with Crippen molar-refractivity contribution in [2.24, 2.45) is 5.92 Å². The van der Waals surface area contributed by atoms with E-state index in [4.69, 9.17) is 0 Å². The number of benzene rings is 1. The third-order valence-corrected chi connectivity index (χ3v) is 7.71. The largest absolute Gasteiger partial charge is 0.339 e. The molecule has 1 aliphatic carbocycles. The monoisotopic (exact) mass is 453 g/mol. The molecule has 0 unspecified atom stereocenters. The van der Waals surface area contributed by atoms with Crippen LogP contribution in [0.2, 0.25) is 0 Å². The summed E-state index contributed by atoms with van der Waals surface area (Å²) in [5.74, 6) is 0.195. The van der Waals surface area contributed by atoms with Gasteiger partial charge in [-0.3, -0.25) is 9.59 Å². The van der Waals surface area contributed by atoms with Crippen LogP contribution < -0.4 is 4.72 Å². The summed E-state index contributed by atoms with van der Waals surface area (Å²) in [5, 5.41) is 0. The lowest BCUT2D eigenvalue weighted by molar-refractivity contribution is -0.139. The standard InChI is InChI=1S/C22H32FN3O4S/c23-19-7-9-20(10-8-19)31(29,30)24-13-12-22(28)26-16-14-25(15-17-26)21(27)11-6-18-4-2-1-3-5-18/h7-10,18,24H,1-6,11-17H2. The average molecular weight is 454 g/mol. The number of nitrogens with zero attached hydrogens (tertiary/aromatic N) is 2. The summed E-state index contributed by atoms with van der Waals surface area (Å²) in [6.45, 7) is 1.96. The van der Waals surface area contributed by atoms with Crippen LogP contribution in [0.25, 0.3) is 0 Å². The van der Waals surface area contributed by atoms with Crippen LogP contribution in [0.4, 0.5) is 4.39 Å². The Labute approximate surface area is 184 Å². The van der Waals surface area contributed by atoms with Crippen molar-refractivity contribution < 1.29 is 22.4 Å². The van der Waals surface area contributed by atoms with Crippen molar-refractivity contribution >= 4 is 21.8 Å². The zero-order valence-corrected chi connectivity index (χ0v) is 18.7. The van der Waals surface area contributed by atoms with Crippen LogP contribution in [-0.2, 0) is 19.6 Å². The van der Waals surface area contributed by atoms with Gasteiger partial charge in [0.25, 0.3) is 0 Å². The van der Waals surface area contributed by atoms with Gasteiger partial charge in [-0.05, 0) is 36.6 Å². The number of carbonyl (C=O) groups excluding carboxylic acids is 2. The molecule has 1 saturated carbocycles. The van der Waals surface area contributed by atoms with Gasteiger partial charge in [-0.25, -0.2) is 17.5 Å². The molecule has 0 spiro atoms. The van der Waals surface area contributed by atoms with Crippen molar-refractivity contribution in [1.29, 1.82) is 0 Å². The highest BCUT2D eigenvalue weighted by molar-refractivity contribution is 7.89. The van der Waals surface area contributed by atoms with Crippen molar-refractivity contribution in [3.63, 3.8) is 0 Å². The molecular formula is C22H32FN3O4S. The van der Waals surface area contributed by atoms with Gasteiger partial charge in [0.2, 0.25) is 21.8 Å². The molecule has 0 aromatic heterocycles. The fourth-order valence-electron chi connectivity index (χ4n) is 4.31. The summed E-state index contributed by atoms with van der Waals surface area (Å²) < 4.78 is 39.7. The van der Waals surface area contributed by atoms with Gasteiger partial charge in [0.15, 0.2) is 0 Å². The molecule has 1 aromatic carbocycles. The first-order valence-corrected chi connectivity index (χ1v) is 12.6. The smallest absolute Gasteiger partial charge is 0.240 e. The molecule has 1 N–H and O–H groups in total. The van der Waals surface area contributed by atoms with Gasteiger partial charge >= 0.3 is 0 Å². The zero-order chi connectivity index (χ0) is 22.3. The molecule has 2 aliphatic rings. The van der Waals surface area contributed by atoms with Crippen LogP contribution in [0.15, 0.2) is 29.2 Å². The number of amides is 2. The molecule has 1 aromatic rings. The molecule has 2 fully saturated rings. The van der Waals surface area contributed by atoms with Gasteiger partial charge in [0, 0.05) is 45.6 Å². The Morgan fingerprint density at radius 2 is 1.45 bits per heavy atom. The lowest BCUT2D eigenvalue weighted by Crippen LogP contribution is -2.51. The predicted molar refractivity (Wildman–Crippen MR) is 115 cm³/mol. The van der Waals surface area contributed by atoms with E-state index >= 15 is 0 Å². The van der Waals surface area contributed by atoms with E-state index in [0.29, 0.717) is 38.5 Å². The Morgan fingerprint density at radius 3 is 2.03 bits per heavy atom. The number of nitrogens with one attached hydrogen (secondary N) is 1. The molecule has 1 saturated heterocycles. The zero-order valence-electron chi connectivity index (χ0n) is 17.9. The Morgan fingerprint density at radius 1 is 0.903 bits per heavy atom. The second-order valence-electron chi connectivity index (χ2n) is 8.41. The number of halogens is 1. The summed E-state index contributed by atoms with van der Waals surface area (Å²) in [6.07, 6.45) is 7.93. The van der Waals surface area contributed by atoms with Gasteiger partial charge in [-0.1, -0.05) is 32.1 Å². The molecule has 0 bridgehead atoms. The first kappa shape index (κ1) is 23.7. The molecular weight excluding hydrogens is 421 g/mol. The highest BCUT2D eigenvalue weighted by atomic mass is 32.2. The van der Waals surface area contributed by atoms with E-state index < -0.39 is 15.8 Å². The molecule has 3 rings (SSSR count). The van der Waals surface area contributed by atoms with Crippen molar-refractivity contribution in [3.8, 4) is 0 Å². The Bertz CT molecular complexity index is 846. The minimum Gasteiger partial charge on any atom is -0.339 e. The molecule has 0 radical (unpaired) electrons. The van der Waals surface area contributed by atoms with Gasteiger partial charge in [0.1, 0.15) is 5.82 Å². The SMILES string of the molecule is O=C(CCNS(=O)(=O)c1ccc(F)cc1)N1CCN(C(=O)CCC2CCCCC2)CC1. The highest BCUT2D eigenvalue weighted by Crippen LogP contribution is 2.27. The molecule has 9 heteroatoms. The summed E-state index contributed by atoms with van der Waals surface area (Å²) in [7, 11) is -3.78. The summed E-state index contributed by atoms with van der Waals surface area (Å²) >= 11 is 0. The molecule has 7 nitrogen and oxygen atoms in total. The second-order valence-corrected chi connectivity index (χ2v) is 10.2. The van der Waals surface area contributed by atoms with Crippen molar-refractivity contribution in [2.45, 2.75) is 56.3 Å². The van der Waals surface area contributed by atoms with Gasteiger partial charge < -0.3 is 9.80 Å². The number of sulfonamides is 1. The number of rotatable bonds is 8. The average Bonchev–Trinajstić information content (AvgIpc) is 2.78. The summed E-state index contributed by atoms with van der Waals surface area (Å²) in [5.41, 5.74) is 0. The van der Waals surface area contributed by atoms with Crippen LogP contribution >= 0.6 is 0 Å². The molecule has 1 heterocycles. The van der Waals surface area contributed by atoms with Crippen LogP contribution in [0, 0.1) is 11.7 Å². The minimum atomic E-state index is -3.78. The van der Waals surface area contributed by atoms with Crippen molar-refractivity contribution in [2.75, 3.05) is 32.7 Å². The fraction of sp³-hybridized carbons (Fsp3) is 0.636. The van der Waals surface area contributed by atoms with Gasteiger partial charge in [-0.15, -0.1) is 0 Å². The fourth-order valence-corrected chi connectivity index (χ4v) is 5.35. The van der Waals surface area contributed by atoms with Crippen molar-refractivity contribution in [3.05, 3.63) is 30.1 Å². The quantitative estimate of drug-likeness (QED) is 0.655. The topological polar surface area (TPSA) is 86.8 Å². The number of piperazine rings is 1. The van der Waals surface area contributed by atoms with E-state index in [1.54, 1.807) is 4.90 Å². The van der Waals surface area contributed by atoms with E-state index in [-0.39, 0.29) is 29.7 Å². The summed E-state index contributed by atoms with van der Waals surface area (Å²) in [6, 6.07) is 4.53. The maximum absolute atomic E-state index is 13.0. The van der Waals surface area contributed by atoms with E-state index in [1.165, 1.54) is 44.2 Å². The normalized spacial score (nSPS) is 18.2. The van der Waals surface area contributed by atoms with E-state index in [0.717, 1.165) is 18.6 Å². The molecule has 2 amide bonds. The summed E-state index contributed by atoms with van der Waals surface area (Å²) in [4.78, 5) is 28.4. The van der Waals surface area contributed by atoms with Crippen LogP contribution in [-0.4, -0.2) is 62.8 Å². The number of hydrogen-bond acceptors (Lipinski definition) is 4. The van der Waals surface area contributed by atoms with Crippen LogP contribution in [0.1, 0.15) is 51.4 Å². The first-order valence-electron chi connectivity index (χ1n) is 11.2. The Balaban J connectivity index is 1.36. The van der Waals surface area contributed by atoms with Crippen molar-refractivity contribution in [1.82, 2.24) is 14.5 Å². The highest BCUT2D eigenvalue weighted by Gasteiger charge is 2.25. The number of hydrogen-bond donors (Lipinski definition) is 1. The van der Waals surface area contributed by atoms with E-state index in [2.05, 4.69) is 4.72 Å². The Kier molecular flexibility index (Phi) is 8.43. The van der Waals surface area contributed by atoms with Crippen LogP contribution in [0.5, 0.6) is 0 Å². The maximum atomic E-state index is 13.0. The molecule has 172 valence electrons. The Hall–Kier alpha value is -2.00. The predicted octanol–water partition coefficient (Wildman–Crippen LogP) is 2.53.